The Kier molecular flexibility index (Phi) is 3.89. The molecule has 0 aromatic heterocycles. The lowest BCUT2D eigenvalue weighted by molar-refractivity contribution is -0.138. The zero-order valence-electron chi connectivity index (χ0n) is 10.1. The molecular weight excluding hydrogens is 228 g/mol. The first-order valence-corrected chi connectivity index (χ1v) is 5.98. The minimum atomic E-state index is -0.329. The number of carbonyl (C=O) groups is 2. The predicted octanol–water partition coefficient (Wildman–Crippen LogP) is 1.04. The van der Waals surface area contributed by atoms with E-state index in [0.717, 1.165) is 5.56 Å². The van der Waals surface area contributed by atoms with Gasteiger partial charge in [-0.05, 0) is 5.56 Å². The molecule has 1 aliphatic heterocycles. The van der Waals surface area contributed by atoms with E-state index in [0.29, 0.717) is 13.1 Å². The van der Waals surface area contributed by atoms with Crippen LogP contribution in [0, 0.1) is 0 Å². The first-order chi connectivity index (χ1) is 8.74. The molecular formula is C14H16N2O2. The summed E-state index contributed by atoms with van der Waals surface area (Å²) in [5.41, 5.74) is 6.23. The van der Waals surface area contributed by atoms with Crippen LogP contribution in [0.25, 0.3) is 0 Å². The number of rotatable bonds is 4. The van der Waals surface area contributed by atoms with Gasteiger partial charge in [-0.2, -0.15) is 0 Å². The molecule has 1 saturated heterocycles. The van der Waals surface area contributed by atoms with Crippen molar-refractivity contribution in [2.24, 2.45) is 5.73 Å². The summed E-state index contributed by atoms with van der Waals surface area (Å²) in [5, 5.41) is 0. The van der Waals surface area contributed by atoms with E-state index in [4.69, 9.17) is 5.73 Å². The van der Waals surface area contributed by atoms with Crippen LogP contribution in [0.2, 0.25) is 0 Å². The van der Waals surface area contributed by atoms with Gasteiger partial charge in [0, 0.05) is 19.5 Å². The minimum Gasteiger partial charge on any atom is -0.327 e. The molecule has 2 rings (SSSR count). The maximum atomic E-state index is 12.2. The van der Waals surface area contributed by atoms with Crippen molar-refractivity contribution in [3.63, 3.8) is 0 Å². The fourth-order valence-electron chi connectivity index (χ4n) is 2.10. The zero-order valence-corrected chi connectivity index (χ0v) is 10.1. The number of benzene rings is 1. The van der Waals surface area contributed by atoms with Crippen molar-refractivity contribution in [1.82, 2.24) is 4.90 Å². The molecule has 18 heavy (non-hydrogen) atoms. The number of likely N-dealkylation sites (tertiary alicyclic amines) is 1. The summed E-state index contributed by atoms with van der Waals surface area (Å²) in [5.74, 6) is -0.562. The maximum Gasteiger partial charge on any atom is 0.237 e. The normalized spacial score (nSPS) is 20.1. The van der Waals surface area contributed by atoms with Crippen LogP contribution in [0.3, 0.4) is 0 Å². The molecule has 0 bridgehead atoms. The largest absolute Gasteiger partial charge is 0.327 e. The predicted molar refractivity (Wildman–Crippen MR) is 68.7 cm³/mol. The van der Waals surface area contributed by atoms with Crippen molar-refractivity contribution < 1.29 is 9.59 Å². The van der Waals surface area contributed by atoms with Crippen LogP contribution in [0.1, 0.15) is 17.9 Å². The first-order valence-electron chi connectivity index (χ1n) is 5.98. The summed E-state index contributed by atoms with van der Waals surface area (Å²) in [6.45, 7) is 0.733. The number of nitrogens with zero attached hydrogens (tertiary/aromatic N) is 1. The second kappa shape index (κ2) is 5.60. The van der Waals surface area contributed by atoms with Crippen LogP contribution in [0.5, 0.6) is 0 Å². The summed E-state index contributed by atoms with van der Waals surface area (Å²) in [6.07, 6.45) is 3.76. The fraction of sp³-hybridized carbons (Fsp3) is 0.286. The number of hydrogen-bond donors (Lipinski definition) is 1. The molecule has 0 spiro atoms. The van der Waals surface area contributed by atoms with Crippen molar-refractivity contribution in [3.05, 3.63) is 48.0 Å². The van der Waals surface area contributed by atoms with Crippen molar-refractivity contribution in [1.29, 1.82) is 0 Å². The lowest BCUT2D eigenvalue weighted by Gasteiger charge is -2.12. The highest BCUT2D eigenvalue weighted by molar-refractivity contribution is 6.06. The summed E-state index contributed by atoms with van der Waals surface area (Å²) in [4.78, 5) is 25.2. The van der Waals surface area contributed by atoms with E-state index in [-0.39, 0.29) is 24.2 Å². The molecule has 0 aliphatic carbocycles. The third-order valence-electron chi connectivity index (χ3n) is 3.04. The highest BCUT2D eigenvalue weighted by Crippen LogP contribution is 2.29. The highest BCUT2D eigenvalue weighted by Gasteiger charge is 2.38. The van der Waals surface area contributed by atoms with Gasteiger partial charge in [0.05, 0.1) is 5.92 Å². The third-order valence-corrected chi connectivity index (χ3v) is 3.04. The molecule has 1 aliphatic rings. The summed E-state index contributed by atoms with van der Waals surface area (Å²) in [7, 11) is 0. The molecule has 1 heterocycles. The molecule has 4 nitrogen and oxygen atoms in total. The molecule has 1 aromatic carbocycles. The van der Waals surface area contributed by atoms with Crippen LogP contribution in [-0.2, 0) is 9.59 Å². The Balaban J connectivity index is 2.12. The zero-order chi connectivity index (χ0) is 13.0. The van der Waals surface area contributed by atoms with E-state index < -0.39 is 0 Å². The molecule has 4 heteroatoms. The third kappa shape index (κ3) is 2.49. The molecule has 0 saturated carbocycles. The highest BCUT2D eigenvalue weighted by atomic mass is 16.2. The Bertz CT molecular complexity index is 468. The summed E-state index contributed by atoms with van der Waals surface area (Å²) < 4.78 is 0. The average molecular weight is 244 g/mol. The second-order valence-corrected chi connectivity index (χ2v) is 4.22. The smallest absolute Gasteiger partial charge is 0.237 e. The van der Waals surface area contributed by atoms with E-state index in [9.17, 15) is 9.59 Å². The van der Waals surface area contributed by atoms with E-state index >= 15 is 0 Å². The molecule has 1 unspecified atom stereocenters. The van der Waals surface area contributed by atoms with Crippen molar-refractivity contribution >= 4 is 11.8 Å². The molecule has 1 atom stereocenters. The van der Waals surface area contributed by atoms with E-state index in [1.807, 2.05) is 30.3 Å². The van der Waals surface area contributed by atoms with Gasteiger partial charge in [0.15, 0.2) is 0 Å². The van der Waals surface area contributed by atoms with Gasteiger partial charge in [0.25, 0.3) is 0 Å². The van der Waals surface area contributed by atoms with E-state index in [2.05, 4.69) is 0 Å². The molecule has 2 N–H and O–H groups in total. The fourth-order valence-corrected chi connectivity index (χ4v) is 2.10. The van der Waals surface area contributed by atoms with Gasteiger partial charge in [-0.3, -0.25) is 14.5 Å². The van der Waals surface area contributed by atoms with Gasteiger partial charge in [0.2, 0.25) is 11.8 Å². The topological polar surface area (TPSA) is 63.4 Å². The van der Waals surface area contributed by atoms with Gasteiger partial charge in [0.1, 0.15) is 0 Å². The lowest BCUT2D eigenvalue weighted by atomic mass is 9.98. The SMILES string of the molecule is NC/C=C/CN1C(=O)CC(c2ccccc2)C1=O. The van der Waals surface area contributed by atoms with Gasteiger partial charge in [-0.25, -0.2) is 0 Å². The lowest BCUT2D eigenvalue weighted by Crippen LogP contribution is -2.30. The van der Waals surface area contributed by atoms with Gasteiger partial charge < -0.3 is 5.73 Å². The number of carbonyl (C=O) groups excluding carboxylic acids is 2. The van der Waals surface area contributed by atoms with Crippen molar-refractivity contribution in [2.45, 2.75) is 12.3 Å². The molecule has 0 radical (unpaired) electrons. The van der Waals surface area contributed by atoms with E-state index in [1.54, 1.807) is 12.2 Å². The first kappa shape index (κ1) is 12.5. The standard InChI is InChI=1S/C14H16N2O2/c15-8-4-5-9-16-13(17)10-12(14(16)18)11-6-2-1-3-7-11/h1-7,12H,8-10,15H2/b5-4+. The molecule has 1 aromatic rings. The second-order valence-electron chi connectivity index (χ2n) is 4.22. The minimum absolute atomic E-state index is 0.115. The Morgan fingerprint density at radius 1 is 1.22 bits per heavy atom. The summed E-state index contributed by atoms with van der Waals surface area (Å²) >= 11 is 0. The maximum absolute atomic E-state index is 12.2. The van der Waals surface area contributed by atoms with Gasteiger partial charge in [-0.1, -0.05) is 42.5 Å². The molecule has 2 amide bonds. The molecule has 1 fully saturated rings. The van der Waals surface area contributed by atoms with Crippen LogP contribution in [-0.4, -0.2) is 29.8 Å². The van der Waals surface area contributed by atoms with Crippen LogP contribution < -0.4 is 5.73 Å². The van der Waals surface area contributed by atoms with Crippen LogP contribution >= 0.6 is 0 Å². The van der Waals surface area contributed by atoms with Crippen molar-refractivity contribution in [2.75, 3.05) is 13.1 Å². The number of nitrogens with two attached hydrogens (primary N) is 1. The monoisotopic (exact) mass is 244 g/mol. The Morgan fingerprint density at radius 2 is 1.94 bits per heavy atom. The summed E-state index contributed by atoms with van der Waals surface area (Å²) in [6, 6.07) is 9.42. The van der Waals surface area contributed by atoms with Crippen LogP contribution in [0.4, 0.5) is 0 Å². The molecule has 94 valence electrons. The number of imide groups is 1. The average Bonchev–Trinajstić information content (AvgIpc) is 2.68. The van der Waals surface area contributed by atoms with Crippen LogP contribution in [0.15, 0.2) is 42.5 Å². The number of hydrogen-bond acceptors (Lipinski definition) is 3. The quantitative estimate of drug-likeness (QED) is 0.636. The van der Waals surface area contributed by atoms with Gasteiger partial charge >= 0.3 is 0 Å². The Hall–Kier alpha value is -1.94. The Labute approximate surface area is 106 Å². The van der Waals surface area contributed by atoms with E-state index in [1.165, 1.54) is 4.90 Å². The van der Waals surface area contributed by atoms with Gasteiger partial charge in [-0.15, -0.1) is 0 Å². The Morgan fingerprint density at radius 3 is 2.61 bits per heavy atom. The number of amides is 2. The van der Waals surface area contributed by atoms with Crippen molar-refractivity contribution in [3.8, 4) is 0 Å².